The first kappa shape index (κ1) is 48.4. The lowest BCUT2D eigenvalue weighted by molar-refractivity contribution is -0.137. The van der Waals surface area contributed by atoms with Crippen molar-refractivity contribution < 1.29 is 76.0 Å². The molecule has 3 heterocycles. The second kappa shape index (κ2) is 21.4. The second-order valence-electron chi connectivity index (χ2n) is 13.3. The van der Waals surface area contributed by atoms with Gasteiger partial charge in [0.25, 0.3) is 0 Å². The molecular weight excluding hydrogens is 839 g/mol. The number of ether oxygens (including phenoxy) is 1. The van der Waals surface area contributed by atoms with Crippen LogP contribution in [0.25, 0.3) is 11.2 Å². The molecule has 1 fully saturated rings. The van der Waals surface area contributed by atoms with Crippen LogP contribution in [0.1, 0.15) is 46.3 Å². The molecule has 7 unspecified atom stereocenters. The van der Waals surface area contributed by atoms with Gasteiger partial charge in [0, 0.05) is 36.6 Å². The summed E-state index contributed by atoms with van der Waals surface area (Å²) in [7, 11) is -15.8. The maximum Gasteiger partial charge on any atom is 0.481 e. The highest BCUT2D eigenvalue weighted by molar-refractivity contribution is 8.14. The number of hydrogen-bond acceptors (Lipinski definition) is 17. The lowest BCUT2D eigenvalue weighted by atomic mass is 9.87. The average molecular weight is 888 g/mol. The molecule has 1 aliphatic heterocycles. The van der Waals surface area contributed by atoms with E-state index in [1.807, 2.05) is 13.0 Å². The zero-order chi connectivity index (χ0) is 42.6. The smallest absolute Gasteiger partial charge is 0.388 e. The summed E-state index contributed by atoms with van der Waals surface area (Å²) in [4.78, 5) is 88.1. The number of thioether (sulfide) groups is 1. The van der Waals surface area contributed by atoms with E-state index in [2.05, 4.69) is 29.9 Å². The number of allylic oxidation sites excluding steroid dienone is 3. The number of aromatic nitrogens is 4. The van der Waals surface area contributed by atoms with Crippen molar-refractivity contribution in [3.8, 4) is 0 Å². The van der Waals surface area contributed by atoms with Gasteiger partial charge in [-0.3, -0.25) is 32.6 Å². The van der Waals surface area contributed by atoms with E-state index < -0.39 is 90.3 Å². The van der Waals surface area contributed by atoms with Gasteiger partial charge in [-0.05, 0) is 12.5 Å². The molecule has 0 aromatic carbocycles. The molecule has 1 saturated heterocycles. The number of carbonyl (C=O) groups excluding carboxylic acids is 3. The molecule has 0 bridgehead atoms. The number of phosphoric acid groups is 2. The summed E-state index contributed by atoms with van der Waals surface area (Å²) in [5.41, 5.74) is 4.39. The normalized spacial score (nSPS) is 21.8. The van der Waals surface area contributed by atoms with Gasteiger partial charge in [-0.1, -0.05) is 57.2 Å². The predicted molar refractivity (Wildman–Crippen MR) is 204 cm³/mol. The van der Waals surface area contributed by atoms with Gasteiger partial charge in [0.1, 0.15) is 24.1 Å². The summed E-state index contributed by atoms with van der Waals surface area (Å²) in [5.74, 6) is -2.52. The topological polar surface area (TPSA) is 354 Å². The van der Waals surface area contributed by atoms with E-state index >= 15 is 0 Å². The minimum absolute atomic E-state index is 0.0117. The molecule has 1 aliphatic rings. The highest BCUT2D eigenvalue weighted by Gasteiger charge is 2.49. The number of amides is 2. The largest absolute Gasteiger partial charge is 0.481 e. The number of hydrogen-bond donors (Lipinski definition) is 9. The van der Waals surface area contributed by atoms with E-state index in [4.69, 9.17) is 19.5 Å². The van der Waals surface area contributed by atoms with E-state index in [-0.39, 0.29) is 41.6 Å². The van der Waals surface area contributed by atoms with Gasteiger partial charge >= 0.3 is 23.2 Å². The first-order chi connectivity index (χ1) is 26.6. The number of carbonyl (C=O) groups is 3. The van der Waals surface area contributed by atoms with E-state index in [0.717, 1.165) is 30.9 Å². The molecular formula is C30H48N7O16P3S. The Morgan fingerprint density at radius 3 is 2.46 bits per heavy atom. The monoisotopic (exact) mass is 887 g/mol. The summed E-state index contributed by atoms with van der Waals surface area (Å²) in [6.45, 7) is 2.69. The minimum atomic E-state index is -5.52. The van der Waals surface area contributed by atoms with Crippen molar-refractivity contribution in [2.75, 3.05) is 44.0 Å². The summed E-state index contributed by atoms with van der Waals surface area (Å²) >= 11 is 1.02. The van der Waals surface area contributed by atoms with Crippen LogP contribution in [-0.2, 0) is 46.2 Å². The Kier molecular flexibility index (Phi) is 18.2. The standard InChI is InChI=1S/C30H48N7O16P3S/c1-4-5-6-7-8-9-22(39)57-13-12-32-21(38)10-11-33-28(42)25(41)30(2,3)16-51-56(48,49)53-55(46,47)50-14-20-19(15-54(43,44)45)24(40)29(52-20)37-18-36-23-26(31)34-17-35-27(23)37/h6-9,17-20,24-25,29,40-41H,4-5,10-16H2,1-3H3,(H,32,38)(H,33,42)(H,46,47)(H,48,49)(H2,31,34,35)(H2,43,44,45). The Hall–Kier alpha value is -2.92. The van der Waals surface area contributed by atoms with Gasteiger partial charge in [-0.15, -0.1) is 0 Å². The van der Waals surface area contributed by atoms with Crippen LogP contribution in [0.3, 0.4) is 0 Å². The number of nitrogen functional groups attached to an aromatic ring is 1. The molecule has 0 radical (unpaired) electrons. The Bertz CT molecular complexity index is 1910. The van der Waals surface area contributed by atoms with Gasteiger partial charge in [0.15, 0.2) is 17.7 Å². The van der Waals surface area contributed by atoms with E-state index in [0.29, 0.717) is 5.75 Å². The molecule has 2 amide bonds. The number of aliphatic hydroxyl groups is 2. The molecule has 23 nitrogen and oxygen atoms in total. The Morgan fingerprint density at radius 2 is 1.77 bits per heavy atom. The maximum atomic E-state index is 12.7. The van der Waals surface area contributed by atoms with E-state index in [1.54, 1.807) is 12.2 Å². The number of anilines is 1. The molecule has 0 saturated carbocycles. The van der Waals surface area contributed by atoms with Crippen LogP contribution in [-0.4, -0.2) is 123 Å². The number of fused-ring (bicyclic) bond motifs is 1. The van der Waals surface area contributed by atoms with Crippen LogP contribution < -0.4 is 16.4 Å². The van der Waals surface area contributed by atoms with Crippen LogP contribution in [0, 0.1) is 11.3 Å². The zero-order valence-corrected chi connectivity index (χ0v) is 34.6. The summed E-state index contributed by atoms with van der Waals surface area (Å²) < 4.78 is 58.1. The van der Waals surface area contributed by atoms with Crippen molar-refractivity contribution in [2.45, 2.75) is 64.6 Å². The number of aliphatic hydroxyl groups excluding tert-OH is 2. The van der Waals surface area contributed by atoms with Crippen molar-refractivity contribution >= 4 is 68.9 Å². The Labute approximate surface area is 331 Å². The van der Waals surface area contributed by atoms with Crippen molar-refractivity contribution in [1.82, 2.24) is 30.2 Å². The van der Waals surface area contributed by atoms with Gasteiger partial charge in [-0.2, -0.15) is 4.31 Å². The summed E-state index contributed by atoms with van der Waals surface area (Å²) in [6, 6.07) is 0. The summed E-state index contributed by atoms with van der Waals surface area (Å²) in [5, 5.41) is 26.3. The number of nitrogens with one attached hydrogen (secondary N) is 2. The quantitative estimate of drug-likeness (QED) is 0.0324. The van der Waals surface area contributed by atoms with Gasteiger partial charge in [0.2, 0.25) is 16.9 Å². The third kappa shape index (κ3) is 15.6. The van der Waals surface area contributed by atoms with E-state index in [1.165, 1.54) is 30.8 Å². The second-order valence-corrected chi connectivity index (χ2v) is 19.1. The highest BCUT2D eigenvalue weighted by atomic mass is 32.2. The van der Waals surface area contributed by atoms with Crippen molar-refractivity contribution in [2.24, 2.45) is 11.3 Å². The SMILES string of the molecule is CCCC=CC=CC(=O)SCCNC(=O)CCNC(=O)C(O)C(C)(C)COP(=O)(O)OP(=O)(O)OCC1OC(n2cnc3c(N)ncnc32)C(O)C1CP(=O)(O)O. The predicted octanol–water partition coefficient (Wildman–Crippen LogP) is 0.893. The zero-order valence-electron chi connectivity index (χ0n) is 31.1. The van der Waals surface area contributed by atoms with Crippen molar-refractivity contribution in [3.05, 3.63) is 37.0 Å². The maximum absolute atomic E-state index is 12.7. The fourth-order valence-corrected chi connectivity index (χ4v) is 8.95. The van der Waals surface area contributed by atoms with Crippen LogP contribution in [0.4, 0.5) is 5.82 Å². The van der Waals surface area contributed by atoms with Crippen LogP contribution in [0.15, 0.2) is 37.0 Å². The third-order valence-electron chi connectivity index (χ3n) is 8.08. The number of unbranched alkanes of at least 4 members (excludes halogenated alkanes) is 1. The number of nitrogens with two attached hydrogens (primary N) is 1. The van der Waals surface area contributed by atoms with Gasteiger partial charge in [0.05, 0.1) is 31.8 Å². The van der Waals surface area contributed by atoms with Gasteiger partial charge in [-0.25, -0.2) is 24.1 Å². The molecule has 320 valence electrons. The number of rotatable bonds is 23. The Balaban J connectivity index is 1.47. The van der Waals surface area contributed by atoms with Crippen molar-refractivity contribution in [1.29, 1.82) is 0 Å². The fourth-order valence-electron chi connectivity index (χ4n) is 5.12. The molecule has 2 aromatic rings. The molecule has 27 heteroatoms. The lowest BCUT2D eigenvalue weighted by Crippen LogP contribution is -2.46. The fraction of sp³-hybridized carbons (Fsp3) is 0.600. The summed E-state index contributed by atoms with van der Waals surface area (Å²) in [6.07, 6.45) is 3.40. The van der Waals surface area contributed by atoms with Crippen LogP contribution >= 0.6 is 35.0 Å². The molecule has 0 aliphatic carbocycles. The van der Waals surface area contributed by atoms with E-state index in [9.17, 15) is 57.9 Å². The van der Waals surface area contributed by atoms with Crippen LogP contribution in [0.2, 0.25) is 0 Å². The molecule has 10 N–H and O–H groups in total. The van der Waals surface area contributed by atoms with Crippen molar-refractivity contribution in [3.63, 3.8) is 0 Å². The highest BCUT2D eigenvalue weighted by Crippen LogP contribution is 2.61. The molecule has 57 heavy (non-hydrogen) atoms. The minimum Gasteiger partial charge on any atom is -0.388 e. The lowest BCUT2D eigenvalue weighted by Gasteiger charge is -2.30. The average Bonchev–Trinajstić information content (AvgIpc) is 3.68. The molecule has 2 aromatic heterocycles. The molecule has 7 atom stereocenters. The molecule has 0 spiro atoms. The molecule has 3 rings (SSSR count). The van der Waals surface area contributed by atoms with Crippen LogP contribution in [0.5, 0.6) is 0 Å². The number of nitrogens with zero attached hydrogens (tertiary/aromatic N) is 4. The third-order valence-corrected chi connectivity index (χ3v) is 12.4. The van der Waals surface area contributed by atoms with Gasteiger partial charge < -0.3 is 50.9 Å². The number of imidazole rings is 1. The number of phosphoric ester groups is 2. The first-order valence-electron chi connectivity index (χ1n) is 17.3. The Morgan fingerprint density at radius 1 is 1.07 bits per heavy atom. The first-order valence-corrected chi connectivity index (χ1v) is 23.0.